The number of aryl methyl sites for hydroxylation is 1. The lowest BCUT2D eigenvalue weighted by atomic mass is 10.0. The normalized spacial score (nSPS) is 19.4. The molecule has 2 aliphatic heterocycles. The highest BCUT2D eigenvalue weighted by atomic mass is 35.5. The largest absolute Gasteiger partial charge is 0.343 e. The monoisotopic (exact) mass is 391 g/mol. The Kier molecular flexibility index (Phi) is 6.77. The summed E-state index contributed by atoms with van der Waals surface area (Å²) in [6.45, 7) is 2.96. The minimum Gasteiger partial charge on any atom is -0.343 e. The molecule has 1 saturated heterocycles. The van der Waals surface area contributed by atoms with Crippen molar-refractivity contribution < 1.29 is 9.59 Å². The van der Waals surface area contributed by atoms with Crippen molar-refractivity contribution in [2.24, 2.45) is 5.92 Å². The van der Waals surface area contributed by atoms with Crippen LogP contribution in [-0.2, 0) is 22.4 Å². The Morgan fingerprint density at radius 3 is 2.70 bits per heavy atom. The standard InChI is InChI=1S/C21H29N3O2.ClH/c25-20-13-17-12-15(6-7-19(17)23-20)2-1-3-21(26)24-10-8-18(9-11-24)22-14-16-4-5-16;/h6-7,12,16,18,22H,1-5,8-11,13-14H2,(H,23,25);1H. The van der Waals surface area contributed by atoms with Gasteiger partial charge in [-0.2, -0.15) is 0 Å². The number of anilines is 1. The van der Waals surface area contributed by atoms with E-state index in [1.54, 1.807) is 0 Å². The molecule has 1 aromatic rings. The van der Waals surface area contributed by atoms with E-state index in [2.05, 4.69) is 22.8 Å². The van der Waals surface area contributed by atoms with E-state index >= 15 is 0 Å². The summed E-state index contributed by atoms with van der Waals surface area (Å²) in [6.07, 6.45) is 7.82. The molecule has 1 saturated carbocycles. The maximum Gasteiger partial charge on any atom is 0.228 e. The van der Waals surface area contributed by atoms with Crippen molar-refractivity contribution >= 4 is 29.9 Å². The predicted molar refractivity (Wildman–Crippen MR) is 109 cm³/mol. The summed E-state index contributed by atoms with van der Waals surface area (Å²) < 4.78 is 0. The number of fused-ring (bicyclic) bond motifs is 1. The maximum absolute atomic E-state index is 12.5. The Morgan fingerprint density at radius 2 is 1.96 bits per heavy atom. The first-order chi connectivity index (χ1) is 12.7. The van der Waals surface area contributed by atoms with Gasteiger partial charge in [0.05, 0.1) is 6.42 Å². The summed E-state index contributed by atoms with van der Waals surface area (Å²) in [5, 5.41) is 6.52. The van der Waals surface area contributed by atoms with Crippen molar-refractivity contribution in [3.05, 3.63) is 29.3 Å². The molecular weight excluding hydrogens is 362 g/mol. The van der Waals surface area contributed by atoms with Crippen LogP contribution in [-0.4, -0.2) is 42.4 Å². The van der Waals surface area contributed by atoms with Gasteiger partial charge in [0, 0.05) is 31.2 Å². The molecule has 4 rings (SSSR count). The van der Waals surface area contributed by atoms with Crippen LogP contribution in [0.4, 0.5) is 5.69 Å². The van der Waals surface area contributed by atoms with E-state index in [9.17, 15) is 9.59 Å². The van der Waals surface area contributed by atoms with Gasteiger partial charge in [-0.3, -0.25) is 9.59 Å². The third-order valence-corrected chi connectivity index (χ3v) is 5.89. The van der Waals surface area contributed by atoms with Gasteiger partial charge in [-0.15, -0.1) is 12.4 Å². The van der Waals surface area contributed by atoms with Gasteiger partial charge in [0.15, 0.2) is 0 Å². The van der Waals surface area contributed by atoms with Crippen LogP contribution in [0.25, 0.3) is 0 Å². The number of hydrogen-bond acceptors (Lipinski definition) is 3. The fraction of sp³-hybridized carbons (Fsp3) is 0.619. The molecule has 27 heavy (non-hydrogen) atoms. The summed E-state index contributed by atoms with van der Waals surface area (Å²) >= 11 is 0. The molecule has 148 valence electrons. The predicted octanol–water partition coefficient (Wildman–Crippen LogP) is 2.92. The molecule has 2 amide bonds. The Hall–Kier alpha value is -1.59. The summed E-state index contributed by atoms with van der Waals surface area (Å²) in [6, 6.07) is 6.75. The molecule has 1 aromatic carbocycles. The van der Waals surface area contributed by atoms with Crippen LogP contribution >= 0.6 is 12.4 Å². The van der Waals surface area contributed by atoms with Gasteiger partial charge in [0.25, 0.3) is 0 Å². The van der Waals surface area contributed by atoms with Gasteiger partial charge >= 0.3 is 0 Å². The molecule has 0 unspecified atom stereocenters. The van der Waals surface area contributed by atoms with Gasteiger partial charge in [0.2, 0.25) is 11.8 Å². The fourth-order valence-corrected chi connectivity index (χ4v) is 4.03. The molecule has 2 heterocycles. The lowest BCUT2D eigenvalue weighted by molar-refractivity contribution is -0.132. The number of rotatable bonds is 7. The summed E-state index contributed by atoms with van der Waals surface area (Å²) in [5.74, 6) is 1.29. The zero-order valence-electron chi connectivity index (χ0n) is 15.8. The quantitative estimate of drug-likeness (QED) is 0.751. The SMILES string of the molecule is Cl.O=C1Cc2cc(CCCC(=O)N3CCC(NCC4CC4)CC3)ccc2N1. The van der Waals surface area contributed by atoms with Crippen molar-refractivity contribution in [3.8, 4) is 0 Å². The second-order valence-electron chi connectivity index (χ2n) is 8.08. The molecule has 2 fully saturated rings. The number of carbonyl (C=O) groups is 2. The average molecular weight is 392 g/mol. The van der Waals surface area contributed by atoms with Crippen molar-refractivity contribution in [2.75, 3.05) is 25.0 Å². The Labute approximate surface area is 167 Å². The topological polar surface area (TPSA) is 61.4 Å². The van der Waals surface area contributed by atoms with E-state index in [4.69, 9.17) is 0 Å². The maximum atomic E-state index is 12.5. The first kappa shape index (κ1) is 20.2. The molecule has 6 heteroatoms. The summed E-state index contributed by atoms with van der Waals surface area (Å²) in [7, 11) is 0. The number of halogens is 1. The smallest absolute Gasteiger partial charge is 0.228 e. The molecular formula is C21H30ClN3O2. The lowest BCUT2D eigenvalue weighted by Gasteiger charge is -2.32. The van der Waals surface area contributed by atoms with Crippen molar-refractivity contribution in [3.63, 3.8) is 0 Å². The zero-order chi connectivity index (χ0) is 17.9. The molecule has 1 aliphatic carbocycles. The van der Waals surface area contributed by atoms with E-state index < -0.39 is 0 Å². The van der Waals surface area contributed by atoms with Crippen LogP contribution in [0, 0.1) is 5.92 Å². The molecule has 0 spiro atoms. The van der Waals surface area contributed by atoms with Crippen LogP contribution in [0.2, 0.25) is 0 Å². The van der Waals surface area contributed by atoms with Crippen molar-refractivity contribution in [2.45, 2.75) is 57.4 Å². The Balaban J connectivity index is 0.00000210. The minimum absolute atomic E-state index is 0. The van der Waals surface area contributed by atoms with Crippen LogP contribution < -0.4 is 10.6 Å². The number of benzene rings is 1. The van der Waals surface area contributed by atoms with Crippen LogP contribution in [0.15, 0.2) is 18.2 Å². The second-order valence-corrected chi connectivity index (χ2v) is 8.08. The Morgan fingerprint density at radius 1 is 1.19 bits per heavy atom. The minimum atomic E-state index is 0. The summed E-state index contributed by atoms with van der Waals surface area (Å²) in [5.41, 5.74) is 3.24. The molecule has 0 atom stereocenters. The summed E-state index contributed by atoms with van der Waals surface area (Å²) in [4.78, 5) is 25.9. The number of amides is 2. The molecule has 0 bridgehead atoms. The van der Waals surface area contributed by atoms with Gasteiger partial charge in [-0.05, 0) is 68.2 Å². The highest BCUT2D eigenvalue weighted by molar-refractivity contribution is 5.99. The van der Waals surface area contributed by atoms with E-state index in [1.807, 2.05) is 11.0 Å². The van der Waals surface area contributed by atoms with Gasteiger partial charge < -0.3 is 15.5 Å². The number of piperidine rings is 1. The third-order valence-electron chi connectivity index (χ3n) is 5.89. The highest BCUT2D eigenvalue weighted by Crippen LogP contribution is 2.28. The molecule has 3 aliphatic rings. The second kappa shape index (κ2) is 9.07. The molecule has 5 nitrogen and oxygen atoms in total. The van der Waals surface area contributed by atoms with Crippen LogP contribution in [0.1, 0.15) is 49.7 Å². The van der Waals surface area contributed by atoms with Gasteiger partial charge in [-0.1, -0.05) is 12.1 Å². The van der Waals surface area contributed by atoms with Gasteiger partial charge in [-0.25, -0.2) is 0 Å². The van der Waals surface area contributed by atoms with Crippen LogP contribution in [0.3, 0.4) is 0 Å². The van der Waals surface area contributed by atoms with E-state index in [-0.39, 0.29) is 18.3 Å². The first-order valence-corrected chi connectivity index (χ1v) is 10.1. The van der Waals surface area contributed by atoms with Crippen molar-refractivity contribution in [1.82, 2.24) is 10.2 Å². The van der Waals surface area contributed by atoms with Crippen LogP contribution in [0.5, 0.6) is 0 Å². The number of hydrogen-bond donors (Lipinski definition) is 2. The first-order valence-electron chi connectivity index (χ1n) is 10.1. The third kappa shape index (κ3) is 5.45. The number of nitrogens with one attached hydrogen (secondary N) is 2. The van der Waals surface area contributed by atoms with E-state index in [0.29, 0.717) is 24.8 Å². The highest BCUT2D eigenvalue weighted by Gasteiger charge is 2.25. The fourth-order valence-electron chi connectivity index (χ4n) is 4.03. The van der Waals surface area contributed by atoms with Crippen molar-refractivity contribution in [1.29, 1.82) is 0 Å². The number of carbonyl (C=O) groups excluding carboxylic acids is 2. The van der Waals surface area contributed by atoms with E-state index in [1.165, 1.54) is 24.9 Å². The molecule has 0 aromatic heterocycles. The number of likely N-dealkylation sites (tertiary alicyclic amines) is 1. The van der Waals surface area contributed by atoms with Gasteiger partial charge in [0.1, 0.15) is 0 Å². The average Bonchev–Trinajstić information content (AvgIpc) is 3.40. The Bertz CT molecular complexity index is 682. The zero-order valence-corrected chi connectivity index (χ0v) is 16.7. The lowest BCUT2D eigenvalue weighted by Crippen LogP contribution is -2.45. The molecule has 2 N–H and O–H groups in total. The molecule has 0 radical (unpaired) electrons. The number of nitrogens with zero attached hydrogens (tertiary/aromatic N) is 1. The van der Waals surface area contributed by atoms with E-state index in [0.717, 1.165) is 55.9 Å².